The summed E-state index contributed by atoms with van der Waals surface area (Å²) in [4.78, 5) is 38.9. The van der Waals surface area contributed by atoms with E-state index < -0.39 is 5.92 Å². The number of anilines is 2. The van der Waals surface area contributed by atoms with Gasteiger partial charge in [-0.25, -0.2) is 8.78 Å². The van der Waals surface area contributed by atoms with E-state index in [9.17, 15) is 18.4 Å². The molecule has 0 N–H and O–H groups in total. The minimum Gasteiger partial charge on any atom is -0.306 e. The van der Waals surface area contributed by atoms with Crippen molar-refractivity contribution >= 4 is 58.0 Å². The zero-order valence-corrected chi connectivity index (χ0v) is 27.0. The molecule has 2 aromatic heterocycles. The number of likely N-dealkylation sites (tertiary alicyclic amines) is 1. The van der Waals surface area contributed by atoms with Gasteiger partial charge in [0, 0.05) is 72.0 Å². The molecule has 2 aromatic carbocycles. The molecule has 0 spiro atoms. The van der Waals surface area contributed by atoms with Crippen LogP contribution in [0.1, 0.15) is 49.4 Å². The van der Waals surface area contributed by atoms with Crippen LogP contribution in [0.2, 0.25) is 10.0 Å². The van der Waals surface area contributed by atoms with E-state index in [-0.39, 0.29) is 24.8 Å². The summed E-state index contributed by atoms with van der Waals surface area (Å²) in [5.41, 5.74) is 6.51. The number of rotatable bonds is 5. The third kappa shape index (κ3) is 7.18. The highest BCUT2D eigenvalue weighted by molar-refractivity contribution is 6.31. The number of pyridine rings is 2. The minimum atomic E-state index is -2.61. The molecule has 12 heteroatoms. The Morgan fingerprint density at radius 2 is 1.24 bits per heavy atom. The van der Waals surface area contributed by atoms with Gasteiger partial charge in [0.1, 0.15) is 0 Å². The van der Waals surface area contributed by atoms with Crippen LogP contribution < -0.4 is 9.80 Å². The molecule has 0 bridgehead atoms. The van der Waals surface area contributed by atoms with Crippen LogP contribution in [0.15, 0.2) is 73.3 Å². The molecule has 0 radical (unpaired) electrons. The van der Waals surface area contributed by atoms with E-state index in [1.54, 1.807) is 63.8 Å². The lowest BCUT2D eigenvalue weighted by Gasteiger charge is -2.29. The number of benzene rings is 2. The number of alkyl halides is 3. The summed E-state index contributed by atoms with van der Waals surface area (Å²) in [5.74, 6) is -2.33. The summed E-state index contributed by atoms with van der Waals surface area (Å²) in [6.07, 6.45) is 8.09. The highest BCUT2D eigenvalue weighted by atomic mass is 35.5. The quantitative estimate of drug-likeness (QED) is 0.204. The first kappa shape index (κ1) is 32.3. The first-order valence-corrected chi connectivity index (χ1v) is 16.1. The first-order chi connectivity index (χ1) is 22.1. The molecule has 0 aliphatic carbocycles. The highest BCUT2D eigenvalue weighted by Gasteiger charge is 2.38. The molecule has 3 aliphatic heterocycles. The Morgan fingerprint density at radius 3 is 1.74 bits per heavy atom. The van der Waals surface area contributed by atoms with E-state index >= 15 is 0 Å². The maximum absolute atomic E-state index is 13.4. The summed E-state index contributed by atoms with van der Waals surface area (Å²) in [5, 5.41) is 1.28. The van der Waals surface area contributed by atoms with Crippen LogP contribution in [0.5, 0.6) is 0 Å². The average Bonchev–Trinajstić information content (AvgIpc) is 3.39. The number of halogens is 5. The Bertz CT molecular complexity index is 1790. The maximum atomic E-state index is 13.4. The number of aromatic nitrogens is 2. The van der Waals surface area contributed by atoms with Gasteiger partial charge in [-0.1, -0.05) is 23.2 Å². The van der Waals surface area contributed by atoms with Crippen molar-refractivity contribution in [2.45, 2.75) is 37.6 Å². The molecule has 0 saturated carbocycles. The van der Waals surface area contributed by atoms with Crippen LogP contribution in [0.25, 0.3) is 0 Å². The Kier molecular flexibility index (Phi) is 9.57. The fourth-order valence-electron chi connectivity index (χ4n) is 6.01. The van der Waals surface area contributed by atoms with E-state index in [1.807, 2.05) is 24.3 Å². The summed E-state index contributed by atoms with van der Waals surface area (Å²) in [6, 6.07) is 14.4. The van der Waals surface area contributed by atoms with Crippen molar-refractivity contribution in [1.29, 1.82) is 0 Å². The summed E-state index contributed by atoms with van der Waals surface area (Å²) >= 11 is 17.8. The molecule has 4 aromatic rings. The smallest absolute Gasteiger partial charge is 0.261 e. The van der Waals surface area contributed by atoms with Gasteiger partial charge in [-0.05, 0) is 83.6 Å². The third-order valence-corrected chi connectivity index (χ3v) is 9.07. The number of nitrogens with zero attached hydrogens (tertiary/aromatic N) is 5. The number of carbonyl (C=O) groups is 2. The third-order valence-electron chi connectivity index (χ3n) is 8.29. The van der Waals surface area contributed by atoms with Crippen molar-refractivity contribution in [3.05, 3.63) is 117 Å². The van der Waals surface area contributed by atoms with Crippen LogP contribution in [-0.4, -0.2) is 58.8 Å². The maximum Gasteiger partial charge on any atom is 0.261 e. The fraction of sp³-hybridized carbons (Fsp3) is 0.294. The fourth-order valence-corrected chi connectivity index (χ4v) is 6.54. The average molecular weight is 685 g/mol. The first-order valence-electron chi connectivity index (χ1n) is 14.8. The number of hydrogen-bond acceptors (Lipinski definition) is 5. The Morgan fingerprint density at radius 1 is 0.717 bits per heavy atom. The van der Waals surface area contributed by atoms with Gasteiger partial charge in [-0.2, -0.15) is 0 Å². The normalized spacial score (nSPS) is 17.3. The Hall–Kier alpha value is -3.63. The van der Waals surface area contributed by atoms with Crippen molar-refractivity contribution in [3.63, 3.8) is 0 Å². The van der Waals surface area contributed by atoms with Crippen molar-refractivity contribution in [2.75, 3.05) is 36.0 Å². The lowest BCUT2D eigenvalue weighted by Crippen LogP contribution is -2.37. The SMILES string of the molecule is O=C1c2ccc(Cl)cc2CCN1c1cncc(CCl)c1.O=C1c2ccc(Cl)cc2CCN1c1cncc(CN2CCC(F)(F)C2)c1. The molecule has 7 rings (SSSR count). The van der Waals surface area contributed by atoms with Gasteiger partial charge in [0.2, 0.25) is 0 Å². The Labute approximate surface area is 280 Å². The molecule has 238 valence electrons. The lowest BCUT2D eigenvalue weighted by molar-refractivity contribution is 0.0115. The van der Waals surface area contributed by atoms with Crippen LogP contribution in [0, 0.1) is 0 Å². The van der Waals surface area contributed by atoms with E-state index in [4.69, 9.17) is 34.8 Å². The molecule has 2 amide bonds. The van der Waals surface area contributed by atoms with Crippen molar-refractivity contribution < 1.29 is 18.4 Å². The molecular weight excluding hydrogens is 655 g/mol. The van der Waals surface area contributed by atoms with E-state index in [0.29, 0.717) is 65.3 Å². The molecule has 1 saturated heterocycles. The van der Waals surface area contributed by atoms with E-state index in [2.05, 4.69) is 9.97 Å². The highest BCUT2D eigenvalue weighted by Crippen LogP contribution is 2.30. The summed E-state index contributed by atoms with van der Waals surface area (Å²) in [6.45, 7) is 1.71. The van der Waals surface area contributed by atoms with Gasteiger partial charge in [0.25, 0.3) is 17.7 Å². The summed E-state index contributed by atoms with van der Waals surface area (Å²) in [7, 11) is 0. The number of hydrogen-bond donors (Lipinski definition) is 0. The van der Waals surface area contributed by atoms with E-state index in [0.717, 1.165) is 34.4 Å². The van der Waals surface area contributed by atoms with Crippen LogP contribution in [-0.2, 0) is 25.3 Å². The molecule has 0 unspecified atom stereocenters. The lowest BCUT2D eigenvalue weighted by atomic mass is 9.98. The topological polar surface area (TPSA) is 69.6 Å². The zero-order chi connectivity index (χ0) is 32.4. The second-order valence-electron chi connectivity index (χ2n) is 11.6. The van der Waals surface area contributed by atoms with Gasteiger partial charge < -0.3 is 9.80 Å². The monoisotopic (exact) mass is 683 g/mol. The minimum absolute atomic E-state index is 0.0172. The van der Waals surface area contributed by atoms with Gasteiger partial charge in [0.05, 0.1) is 30.3 Å². The van der Waals surface area contributed by atoms with Gasteiger partial charge in [-0.15, -0.1) is 11.6 Å². The van der Waals surface area contributed by atoms with Crippen LogP contribution >= 0.6 is 34.8 Å². The molecular formula is C34H30Cl3F2N5O2. The van der Waals surface area contributed by atoms with Crippen LogP contribution in [0.4, 0.5) is 20.2 Å². The molecule has 0 atom stereocenters. The Balaban J connectivity index is 0.000000167. The molecule has 5 heterocycles. The van der Waals surface area contributed by atoms with Gasteiger partial charge in [0.15, 0.2) is 0 Å². The molecule has 1 fully saturated rings. The molecule has 3 aliphatic rings. The van der Waals surface area contributed by atoms with Crippen molar-refractivity contribution in [3.8, 4) is 0 Å². The predicted molar refractivity (Wildman–Crippen MR) is 177 cm³/mol. The standard InChI is InChI=1S/C19H18ClF2N3O.C15H12Cl2N2O/c20-15-1-2-17-14(8-15)3-5-25(18(17)26)16-7-13(9-23-10-16)11-24-6-4-19(21,22)12-24;16-7-10-5-13(9-18-8-10)19-4-3-11-6-12(17)1-2-14(11)15(19)20/h1-2,7-10H,3-6,11-12H2;1-2,5-6,8-9H,3-4,7H2. The van der Waals surface area contributed by atoms with E-state index in [1.165, 1.54) is 0 Å². The summed E-state index contributed by atoms with van der Waals surface area (Å²) < 4.78 is 26.7. The molecule has 46 heavy (non-hydrogen) atoms. The number of carbonyl (C=O) groups excluding carboxylic acids is 2. The predicted octanol–water partition coefficient (Wildman–Crippen LogP) is 7.46. The van der Waals surface area contributed by atoms with Crippen molar-refractivity contribution in [1.82, 2.24) is 14.9 Å². The second-order valence-corrected chi connectivity index (χ2v) is 12.7. The molecule has 7 nitrogen and oxygen atoms in total. The number of fused-ring (bicyclic) bond motifs is 2. The van der Waals surface area contributed by atoms with Crippen LogP contribution in [0.3, 0.4) is 0 Å². The van der Waals surface area contributed by atoms with Gasteiger partial charge in [-0.3, -0.25) is 24.5 Å². The largest absolute Gasteiger partial charge is 0.306 e. The van der Waals surface area contributed by atoms with Crippen molar-refractivity contribution in [2.24, 2.45) is 0 Å². The second kappa shape index (κ2) is 13.6. The van der Waals surface area contributed by atoms with Gasteiger partial charge >= 0.3 is 0 Å². The number of amides is 2. The zero-order valence-electron chi connectivity index (χ0n) is 24.7.